The summed E-state index contributed by atoms with van der Waals surface area (Å²) in [6.45, 7) is 5.78. The second-order valence-electron chi connectivity index (χ2n) is 3.35. The minimum absolute atomic E-state index is 0.520. The van der Waals surface area contributed by atoms with E-state index in [1.807, 2.05) is 19.1 Å². The molecule has 2 aromatic heterocycles. The van der Waals surface area contributed by atoms with Gasteiger partial charge in [0.2, 0.25) is 5.89 Å². The maximum absolute atomic E-state index is 5.49. The number of aromatic nitrogens is 3. The lowest BCUT2D eigenvalue weighted by Crippen LogP contribution is -1.78. The molecule has 16 heavy (non-hydrogen) atoms. The van der Waals surface area contributed by atoms with E-state index in [-0.39, 0.29) is 0 Å². The molecule has 0 aliphatic carbocycles. The monoisotopic (exact) mass is 233 g/mol. The van der Waals surface area contributed by atoms with E-state index in [9.17, 15) is 0 Å². The standard InChI is InChI=1S/C11H11N3OS/c1-8(2)7-16-11-14-13-10(15-11)9-3-5-12-6-4-9/h3-6H,1,7H2,2H3. The molecule has 0 saturated heterocycles. The van der Waals surface area contributed by atoms with Gasteiger partial charge in [-0.3, -0.25) is 4.98 Å². The molecule has 2 rings (SSSR count). The van der Waals surface area contributed by atoms with Crippen LogP contribution in [0.25, 0.3) is 11.5 Å². The van der Waals surface area contributed by atoms with Crippen LogP contribution in [0.1, 0.15) is 6.92 Å². The van der Waals surface area contributed by atoms with Gasteiger partial charge in [0.05, 0.1) is 0 Å². The minimum Gasteiger partial charge on any atom is -0.411 e. The zero-order valence-electron chi connectivity index (χ0n) is 8.88. The topological polar surface area (TPSA) is 51.8 Å². The molecule has 82 valence electrons. The first-order valence-corrected chi connectivity index (χ1v) is 5.75. The third-order valence-corrected chi connectivity index (χ3v) is 2.82. The van der Waals surface area contributed by atoms with Gasteiger partial charge in [-0.25, -0.2) is 0 Å². The molecule has 0 aromatic carbocycles. The van der Waals surface area contributed by atoms with Gasteiger partial charge in [0, 0.05) is 23.7 Å². The summed E-state index contributed by atoms with van der Waals surface area (Å²) in [6.07, 6.45) is 3.39. The SMILES string of the molecule is C=C(C)CSc1nnc(-c2ccncc2)o1. The Balaban J connectivity index is 2.11. The van der Waals surface area contributed by atoms with Crippen molar-refractivity contribution < 1.29 is 4.42 Å². The van der Waals surface area contributed by atoms with E-state index in [4.69, 9.17) is 4.42 Å². The average molecular weight is 233 g/mol. The molecule has 0 unspecified atom stereocenters. The van der Waals surface area contributed by atoms with Gasteiger partial charge >= 0.3 is 0 Å². The van der Waals surface area contributed by atoms with Crippen LogP contribution >= 0.6 is 11.8 Å². The normalized spacial score (nSPS) is 10.3. The maximum Gasteiger partial charge on any atom is 0.277 e. The molecule has 0 aliphatic heterocycles. The highest BCUT2D eigenvalue weighted by Crippen LogP contribution is 2.23. The predicted molar refractivity (Wildman–Crippen MR) is 63.1 cm³/mol. The van der Waals surface area contributed by atoms with E-state index in [0.29, 0.717) is 11.1 Å². The lowest BCUT2D eigenvalue weighted by Gasteiger charge is -1.93. The number of pyridine rings is 1. The Morgan fingerprint density at radius 1 is 1.38 bits per heavy atom. The summed E-state index contributed by atoms with van der Waals surface area (Å²) in [5.41, 5.74) is 1.96. The first kappa shape index (κ1) is 10.9. The third kappa shape index (κ3) is 2.70. The summed E-state index contributed by atoms with van der Waals surface area (Å²) in [7, 11) is 0. The molecule has 0 bridgehead atoms. The lowest BCUT2D eigenvalue weighted by molar-refractivity contribution is 0.466. The molecule has 5 heteroatoms. The molecule has 0 radical (unpaired) electrons. The Hall–Kier alpha value is -1.62. The summed E-state index contributed by atoms with van der Waals surface area (Å²) in [4.78, 5) is 3.93. The van der Waals surface area contributed by atoms with Crippen LogP contribution in [0, 0.1) is 0 Å². The van der Waals surface area contributed by atoms with Crippen molar-refractivity contribution in [3.8, 4) is 11.5 Å². The predicted octanol–water partition coefficient (Wildman–Crippen LogP) is 2.80. The third-order valence-electron chi connectivity index (χ3n) is 1.78. The largest absolute Gasteiger partial charge is 0.411 e. The summed E-state index contributed by atoms with van der Waals surface area (Å²) in [5, 5.41) is 8.48. The minimum atomic E-state index is 0.520. The van der Waals surface area contributed by atoms with Gasteiger partial charge < -0.3 is 4.42 Å². The van der Waals surface area contributed by atoms with Gasteiger partial charge in [0.25, 0.3) is 5.22 Å². The smallest absolute Gasteiger partial charge is 0.277 e. The number of hydrogen-bond acceptors (Lipinski definition) is 5. The van der Waals surface area contributed by atoms with E-state index >= 15 is 0 Å². The van der Waals surface area contributed by atoms with E-state index in [1.54, 1.807) is 12.4 Å². The van der Waals surface area contributed by atoms with Gasteiger partial charge in [-0.2, -0.15) is 0 Å². The van der Waals surface area contributed by atoms with Crippen LogP contribution in [-0.4, -0.2) is 20.9 Å². The lowest BCUT2D eigenvalue weighted by atomic mass is 10.3. The number of hydrogen-bond donors (Lipinski definition) is 0. The van der Waals surface area contributed by atoms with Crippen molar-refractivity contribution in [2.75, 3.05) is 5.75 Å². The first-order valence-electron chi connectivity index (χ1n) is 4.77. The molecule has 0 spiro atoms. The van der Waals surface area contributed by atoms with Gasteiger partial charge in [-0.15, -0.1) is 10.2 Å². The van der Waals surface area contributed by atoms with Crippen LogP contribution < -0.4 is 0 Å². The van der Waals surface area contributed by atoms with Gasteiger partial charge in [-0.1, -0.05) is 23.9 Å². The van der Waals surface area contributed by atoms with E-state index in [0.717, 1.165) is 16.9 Å². The van der Waals surface area contributed by atoms with Crippen LogP contribution in [0.4, 0.5) is 0 Å². The highest BCUT2D eigenvalue weighted by atomic mass is 32.2. The summed E-state index contributed by atoms with van der Waals surface area (Å²) < 4.78 is 5.49. The number of rotatable bonds is 4. The highest BCUT2D eigenvalue weighted by Gasteiger charge is 2.08. The number of nitrogens with zero attached hydrogens (tertiary/aromatic N) is 3. The van der Waals surface area contributed by atoms with Crippen molar-refractivity contribution >= 4 is 11.8 Å². The Morgan fingerprint density at radius 3 is 2.81 bits per heavy atom. The van der Waals surface area contributed by atoms with Crippen molar-refractivity contribution in [1.82, 2.24) is 15.2 Å². The molecule has 0 fully saturated rings. The molecule has 4 nitrogen and oxygen atoms in total. The van der Waals surface area contributed by atoms with Gasteiger partial charge in [-0.05, 0) is 19.1 Å². The van der Waals surface area contributed by atoms with Gasteiger partial charge in [0.1, 0.15) is 0 Å². The quantitative estimate of drug-likeness (QED) is 0.600. The van der Waals surface area contributed by atoms with Crippen LogP contribution in [0.2, 0.25) is 0 Å². The van der Waals surface area contributed by atoms with E-state index < -0.39 is 0 Å². The zero-order chi connectivity index (χ0) is 11.4. The zero-order valence-corrected chi connectivity index (χ0v) is 9.70. The van der Waals surface area contributed by atoms with Crippen LogP contribution in [0.3, 0.4) is 0 Å². The summed E-state index contributed by atoms with van der Waals surface area (Å²) >= 11 is 1.49. The fourth-order valence-electron chi connectivity index (χ4n) is 1.06. The fourth-order valence-corrected chi connectivity index (χ4v) is 1.67. The number of thioether (sulfide) groups is 1. The highest BCUT2D eigenvalue weighted by molar-refractivity contribution is 7.99. The van der Waals surface area contributed by atoms with Crippen LogP contribution in [0.15, 0.2) is 46.3 Å². The molecule has 0 saturated carbocycles. The summed E-state index contributed by atoms with van der Waals surface area (Å²) in [5.74, 6) is 1.31. The average Bonchev–Trinajstić information content (AvgIpc) is 2.76. The maximum atomic E-state index is 5.49. The van der Waals surface area contributed by atoms with E-state index in [1.165, 1.54) is 11.8 Å². The second kappa shape index (κ2) is 4.94. The molecule has 0 aliphatic rings. The van der Waals surface area contributed by atoms with Crippen molar-refractivity contribution in [3.05, 3.63) is 36.7 Å². The first-order chi connectivity index (χ1) is 7.75. The molecule has 0 amide bonds. The summed E-state index contributed by atoms with van der Waals surface area (Å²) in [6, 6.07) is 3.67. The Bertz CT molecular complexity index is 481. The van der Waals surface area contributed by atoms with Crippen LogP contribution in [0.5, 0.6) is 0 Å². The van der Waals surface area contributed by atoms with Crippen LogP contribution in [-0.2, 0) is 0 Å². The van der Waals surface area contributed by atoms with E-state index in [2.05, 4.69) is 21.8 Å². The Labute approximate surface area is 97.8 Å². The van der Waals surface area contributed by atoms with Gasteiger partial charge in [0.15, 0.2) is 0 Å². The molecular formula is C11H11N3OS. The Kier molecular flexibility index (Phi) is 3.36. The molecular weight excluding hydrogens is 222 g/mol. The fraction of sp³-hybridized carbons (Fsp3) is 0.182. The molecule has 0 atom stereocenters. The molecule has 2 aromatic rings. The molecule has 2 heterocycles. The van der Waals surface area contributed by atoms with Crippen molar-refractivity contribution in [2.24, 2.45) is 0 Å². The molecule has 0 N–H and O–H groups in total. The van der Waals surface area contributed by atoms with Crippen molar-refractivity contribution in [3.63, 3.8) is 0 Å². The van der Waals surface area contributed by atoms with Crippen molar-refractivity contribution in [1.29, 1.82) is 0 Å². The Morgan fingerprint density at radius 2 is 2.12 bits per heavy atom. The van der Waals surface area contributed by atoms with Crippen molar-refractivity contribution in [2.45, 2.75) is 12.1 Å². The second-order valence-corrected chi connectivity index (χ2v) is 4.28.